The van der Waals surface area contributed by atoms with Crippen molar-refractivity contribution in [1.82, 2.24) is 5.32 Å². The van der Waals surface area contributed by atoms with Crippen molar-refractivity contribution in [1.29, 1.82) is 0 Å². The lowest BCUT2D eigenvalue weighted by Gasteiger charge is -2.29. The summed E-state index contributed by atoms with van der Waals surface area (Å²) in [5.74, 6) is 1.45. The van der Waals surface area contributed by atoms with E-state index in [4.69, 9.17) is 14.2 Å². The standard InChI is InChI=1S/C18H21NO5.ClH/c1-22-15-5-4-11(17(23-2)18(15)24-3)16-12-9-14(21)13(20)8-10(12)6-7-19-16;/h4-5,8-9,16,19-21H,6-7H2,1-3H3;1H. The molecule has 2 aromatic carbocycles. The van der Waals surface area contributed by atoms with E-state index in [1.807, 2.05) is 12.1 Å². The molecule has 6 nitrogen and oxygen atoms in total. The third-order valence-corrected chi connectivity index (χ3v) is 4.34. The highest BCUT2D eigenvalue weighted by Crippen LogP contribution is 2.45. The number of hydrogen-bond acceptors (Lipinski definition) is 6. The van der Waals surface area contributed by atoms with Crippen LogP contribution in [0.4, 0.5) is 0 Å². The number of ether oxygens (including phenoxy) is 3. The first-order chi connectivity index (χ1) is 11.6. The van der Waals surface area contributed by atoms with Crippen molar-refractivity contribution in [3.05, 3.63) is 41.0 Å². The number of nitrogens with one attached hydrogen (secondary N) is 1. The molecule has 136 valence electrons. The summed E-state index contributed by atoms with van der Waals surface area (Å²) in [6.07, 6.45) is 0.773. The van der Waals surface area contributed by atoms with Gasteiger partial charge in [-0.1, -0.05) is 0 Å². The second-order valence-corrected chi connectivity index (χ2v) is 5.60. The highest BCUT2D eigenvalue weighted by molar-refractivity contribution is 5.85. The SMILES string of the molecule is COc1ccc(C2NCCc3cc(O)c(O)cc32)c(OC)c1OC.Cl. The first-order valence-electron chi connectivity index (χ1n) is 7.67. The molecule has 25 heavy (non-hydrogen) atoms. The van der Waals surface area contributed by atoms with Crippen LogP contribution in [0.1, 0.15) is 22.7 Å². The van der Waals surface area contributed by atoms with Crippen molar-refractivity contribution < 1.29 is 24.4 Å². The first kappa shape index (κ1) is 19.0. The van der Waals surface area contributed by atoms with Gasteiger partial charge in [0.05, 0.1) is 27.4 Å². The molecule has 7 heteroatoms. The van der Waals surface area contributed by atoms with Gasteiger partial charge < -0.3 is 29.7 Å². The maximum Gasteiger partial charge on any atom is 0.203 e. The summed E-state index contributed by atoms with van der Waals surface area (Å²) in [6.45, 7) is 0.749. The third kappa shape index (κ3) is 3.27. The van der Waals surface area contributed by atoms with Crippen molar-refractivity contribution in [3.8, 4) is 28.7 Å². The number of halogens is 1. The summed E-state index contributed by atoms with van der Waals surface area (Å²) < 4.78 is 16.4. The zero-order chi connectivity index (χ0) is 17.3. The molecule has 0 amide bonds. The Balaban J connectivity index is 0.00000225. The summed E-state index contributed by atoms with van der Waals surface area (Å²) in [5.41, 5.74) is 2.77. The van der Waals surface area contributed by atoms with Gasteiger partial charge in [0.2, 0.25) is 5.75 Å². The van der Waals surface area contributed by atoms with Crippen LogP contribution in [0, 0.1) is 0 Å². The van der Waals surface area contributed by atoms with Gasteiger partial charge in [-0.2, -0.15) is 0 Å². The van der Waals surface area contributed by atoms with E-state index < -0.39 is 0 Å². The summed E-state index contributed by atoms with van der Waals surface area (Å²) in [4.78, 5) is 0. The number of benzene rings is 2. The Kier molecular flexibility index (Phi) is 5.87. The van der Waals surface area contributed by atoms with Gasteiger partial charge in [0, 0.05) is 12.1 Å². The van der Waals surface area contributed by atoms with Gasteiger partial charge in [-0.3, -0.25) is 0 Å². The van der Waals surface area contributed by atoms with E-state index in [9.17, 15) is 10.2 Å². The zero-order valence-electron chi connectivity index (χ0n) is 14.3. The van der Waals surface area contributed by atoms with Crippen LogP contribution in [0.3, 0.4) is 0 Å². The normalized spacial score (nSPS) is 15.7. The highest BCUT2D eigenvalue weighted by atomic mass is 35.5. The summed E-state index contributed by atoms with van der Waals surface area (Å²) in [6, 6.07) is 6.77. The van der Waals surface area contributed by atoms with Crippen LogP contribution in [0.5, 0.6) is 28.7 Å². The first-order valence-corrected chi connectivity index (χ1v) is 7.67. The lowest BCUT2D eigenvalue weighted by Crippen LogP contribution is -2.30. The molecular formula is C18H22ClNO5. The lowest BCUT2D eigenvalue weighted by molar-refractivity contribution is 0.320. The molecule has 0 saturated heterocycles. The minimum absolute atomic E-state index is 0. The van der Waals surface area contributed by atoms with Gasteiger partial charge in [-0.15, -0.1) is 12.4 Å². The Hall–Kier alpha value is -2.31. The minimum Gasteiger partial charge on any atom is -0.504 e. The summed E-state index contributed by atoms with van der Waals surface area (Å²) >= 11 is 0. The second kappa shape index (κ2) is 7.72. The summed E-state index contributed by atoms with van der Waals surface area (Å²) in [5, 5.41) is 23.1. The van der Waals surface area contributed by atoms with Gasteiger partial charge in [-0.25, -0.2) is 0 Å². The van der Waals surface area contributed by atoms with Crippen LogP contribution in [-0.4, -0.2) is 38.1 Å². The number of fused-ring (bicyclic) bond motifs is 1. The van der Waals surface area contributed by atoms with Crippen LogP contribution in [0.15, 0.2) is 24.3 Å². The maximum atomic E-state index is 9.90. The molecule has 1 aliphatic rings. The van der Waals surface area contributed by atoms with E-state index in [2.05, 4.69) is 5.32 Å². The van der Waals surface area contributed by atoms with Crippen molar-refractivity contribution in [3.63, 3.8) is 0 Å². The van der Waals surface area contributed by atoms with E-state index in [1.54, 1.807) is 33.5 Å². The van der Waals surface area contributed by atoms with E-state index >= 15 is 0 Å². The van der Waals surface area contributed by atoms with Gasteiger partial charge in [0.25, 0.3) is 0 Å². The monoisotopic (exact) mass is 367 g/mol. The van der Waals surface area contributed by atoms with Gasteiger partial charge in [0.1, 0.15) is 0 Å². The average molecular weight is 368 g/mol. The predicted molar refractivity (Wildman–Crippen MR) is 96.7 cm³/mol. The fourth-order valence-electron chi connectivity index (χ4n) is 3.21. The van der Waals surface area contributed by atoms with Gasteiger partial charge in [0.15, 0.2) is 23.0 Å². The molecule has 0 spiro atoms. The van der Waals surface area contributed by atoms with Crippen molar-refractivity contribution in [2.45, 2.75) is 12.5 Å². The van der Waals surface area contributed by atoms with Gasteiger partial charge >= 0.3 is 0 Å². The molecule has 0 bridgehead atoms. The maximum absolute atomic E-state index is 9.90. The molecular weight excluding hydrogens is 346 g/mol. The number of rotatable bonds is 4. The predicted octanol–water partition coefficient (Wildman–Crippen LogP) is 2.78. The number of methoxy groups -OCH3 is 3. The Morgan fingerprint density at radius 2 is 1.60 bits per heavy atom. The number of hydrogen-bond donors (Lipinski definition) is 3. The van der Waals surface area contributed by atoms with Gasteiger partial charge in [-0.05, 0) is 41.8 Å². The van der Waals surface area contributed by atoms with E-state index in [0.29, 0.717) is 17.2 Å². The Labute approximate surface area is 152 Å². The molecule has 1 atom stereocenters. The fraction of sp³-hybridized carbons (Fsp3) is 0.333. The van der Waals surface area contributed by atoms with E-state index in [-0.39, 0.29) is 29.9 Å². The summed E-state index contributed by atoms with van der Waals surface area (Å²) in [7, 11) is 4.72. The Morgan fingerprint density at radius 1 is 0.920 bits per heavy atom. The van der Waals surface area contributed by atoms with Crippen LogP contribution >= 0.6 is 12.4 Å². The Morgan fingerprint density at radius 3 is 2.24 bits per heavy atom. The molecule has 1 unspecified atom stereocenters. The van der Waals surface area contributed by atoms with Crippen LogP contribution in [0.25, 0.3) is 0 Å². The van der Waals surface area contributed by atoms with E-state index in [0.717, 1.165) is 29.7 Å². The third-order valence-electron chi connectivity index (χ3n) is 4.34. The number of phenols is 2. The molecule has 0 aromatic heterocycles. The molecule has 0 aliphatic carbocycles. The second-order valence-electron chi connectivity index (χ2n) is 5.60. The fourth-order valence-corrected chi connectivity index (χ4v) is 3.21. The number of phenolic OH excluding ortho intramolecular Hbond substituents is 2. The molecule has 1 aliphatic heterocycles. The van der Waals surface area contributed by atoms with Crippen LogP contribution in [0.2, 0.25) is 0 Å². The molecule has 3 rings (SSSR count). The average Bonchev–Trinajstić information content (AvgIpc) is 2.60. The van der Waals surface area contributed by atoms with Crippen LogP contribution < -0.4 is 19.5 Å². The molecule has 0 saturated carbocycles. The molecule has 1 heterocycles. The van der Waals surface area contributed by atoms with Crippen molar-refractivity contribution in [2.24, 2.45) is 0 Å². The van der Waals surface area contributed by atoms with Crippen molar-refractivity contribution in [2.75, 3.05) is 27.9 Å². The largest absolute Gasteiger partial charge is 0.504 e. The molecule has 0 radical (unpaired) electrons. The zero-order valence-corrected chi connectivity index (χ0v) is 15.1. The Bertz CT molecular complexity index is 766. The van der Waals surface area contributed by atoms with Crippen molar-refractivity contribution >= 4 is 12.4 Å². The van der Waals surface area contributed by atoms with E-state index in [1.165, 1.54) is 0 Å². The number of aromatic hydroxyl groups is 2. The quantitative estimate of drug-likeness (QED) is 0.721. The lowest BCUT2D eigenvalue weighted by atomic mass is 9.88. The molecule has 0 fully saturated rings. The molecule has 3 N–H and O–H groups in total. The smallest absolute Gasteiger partial charge is 0.203 e. The minimum atomic E-state index is -0.185. The topological polar surface area (TPSA) is 80.2 Å². The highest BCUT2D eigenvalue weighted by Gasteiger charge is 2.28. The molecule has 2 aromatic rings. The van der Waals surface area contributed by atoms with Crippen LogP contribution in [-0.2, 0) is 6.42 Å².